The van der Waals surface area contributed by atoms with Crippen molar-refractivity contribution in [3.8, 4) is 11.1 Å². The van der Waals surface area contributed by atoms with Gasteiger partial charge in [0, 0.05) is 54.6 Å². The highest BCUT2D eigenvalue weighted by atomic mass is 32.2. The minimum absolute atomic E-state index is 0.0154. The molecular formula is C28H32N4O3S. The van der Waals surface area contributed by atoms with Gasteiger partial charge in [-0.2, -0.15) is 9.40 Å². The lowest BCUT2D eigenvalue weighted by molar-refractivity contribution is -0.0394. The number of hydrogen-bond donors (Lipinski definition) is 0. The Morgan fingerprint density at radius 1 is 1.06 bits per heavy atom. The molecule has 36 heavy (non-hydrogen) atoms. The lowest BCUT2D eigenvalue weighted by Crippen LogP contribution is -2.34. The summed E-state index contributed by atoms with van der Waals surface area (Å²) in [4.78, 5) is 0.370. The quantitative estimate of drug-likeness (QED) is 0.357. The number of rotatable bonds is 6. The van der Waals surface area contributed by atoms with E-state index in [2.05, 4.69) is 46.3 Å². The standard InChI is InChI=1S/C28H32N4O3S/c1-21-15-22(19-32(21)36(33,34)26-7-3-2-4-8-26)18-30-13-12-24-16-23(10-11-27(24)30)25-17-29-31(20-25)28-9-5-6-14-35-28/h2-4,7-8,10-13,16-17,20-22,28H,5-6,9,14-15,18-19H2,1H3/t21-,22-,28?/m0/s1. The second-order valence-electron chi connectivity index (χ2n) is 10.1. The molecule has 6 rings (SSSR count). The predicted octanol–water partition coefficient (Wildman–Crippen LogP) is 5.30. The molecule has 2 aromatic heterocycles. The molecule has 7 nitrogen and oxygen atoms in total. The highest BCUT2D eigenvalue weighted by Crippen LogP contribution is 2.32. The molecule has 2 aliphatic rings. The van der Waals surface area contributed by atoms with E-state index in [4.69, 9.17) is 4.74 Å². The van der Waals surface area contributed by atoms with Gasteiger partial charge < -0.3 is 9.30 Å². The molecule has 8 heteroatoms. The van der Waals surface area contributed by atoms with Crippen molar-refractivity contribution in [2.75, 3.05) is 13.2 Å². The average molecular weight is 505 g/mol. The van der Waals surface area contributed by atoms with Gasteiger partial charge in [-0.3, -0.25) is 0 Å². The van der Waals surface area contributed by atoms with Crippen molar-refractivity contribution < 1.29 is 13.2 Å². The van der Waals surface area contributed by atoms with Crippen LogP contribution < -0.4 is 0 Å². The fourth-order valence-corrected chi connectivity index (χ4v) is 7.44. The predicted molar refractivity (Wildman–Crippen MR) is 140 cm³/mol. The molecule has 3 atom stereocenters. The third kappa shape index (κ3) is 4.38. The van der Waals surface area contributed by atoms with Gasteiger partial charge in [-0.1, -0.05) is 24.3 Å². The van der Waals surface area contributed by atoms with Crippen molar-refractivity contribution in [2.24, 2.45) is 5.92 Å². The molecule has 2 aromatic carbocycles. The molecule has 0 aliphatic carbocycles. The Bertz CT molecular complexity index is 1450. The third-order valence-corrected chi connectivity index (χ3v) is 9.56. The molecule has 2 aliphatic heterocycles. The first-order valence-corrected chi connectivity index (χ1v) is 14.2. The Hall–Kier alpha value is -2.94. The van der Waals surface area contributed by atoms with Gasteiger partial charge in [0.05, 0.1) is 11.1 Å². The van der Waals surface area contributed by atoms with Crippen LogP contribution in [0, 0.1) is 5.92 Å². The molecule has 0 spiro atoms. The summed E-state index contributed by atoms with van der Waals surface area (Å²) in [5.74, 6) is 0.266. The molecule has 2 fully saturated rings. The van der Waals surface area contributed by atoms with E-state index in [0.717, 1.165) is 43.5 Å². The summed E-state index contributed by atoms with van der Waals surface area (Å²) in [7, 11) is -3.48. The number of ether oxygens (including phenoxy) is 1. The van der Waals surface area contributed by atoms with Crippen LogP contribution in [0.3, 0.4) is 0 Å². The van der Waals surface area contributed by atoms with Crippen LogP contribution in [0.5, 0.6) is 0 Å². The zero-order valence-corrected chi connectivity index (χ0v) is 21.3. The first-order chi connectivity index (χ1) is 17.5. The van der Waals surface area contributed by atoms with Crippen LogP contribution in [0.1, 0.15) is 38.8 Å². The lowest BCUT2D eigenvalue weighted by atomic mass is 10.1. The minimum Gasteiger partial charge on any atom is -0.357 e. The number of sulfonamides is 1. The third-order valence-electron chi connectivity index (χ3n) is 7.57. The van der Waals surface area contributed by atoms with Gasteiger partial charge in [0.15, 0.2) is 0 Å². The van der Waals surface area contributed by atoms with E-state index < -0.39 is 10.0 Å². The largest absolute Gasteiger partial charge is 0.357 e. The van der Waals surface area contributed by atoms with Crippen LogP contribution in [-0.2, 0) is 21.3 Å². The Balaban J connectivity index is 1.18. The molecular weight excluding hydrogens is 472 g/mol. The van der Waals surface area contributed by atoms with Crippen LogP contribution in [0.25, 0.3) is 22.0 Å². The van der Waals surface area contributed by atoms with Crippen molar-refractivity contribution in [3.05, 3.63) is 73.2 Å². The summed E-state index contributed by atoms with van der Waals surface area (Å²) in [6, 6.07) is 17.4. The number of aromatic nitrogens is 3. The summed E-state index contributed by atoms with van der Waals surface area (Å²) < 4.78 is 38.1. The summed E-state index contributed by atoms with van der Waals surface area (Å²) in [6.45, 7) is 4.15. The Kier molecular flexibility index (Phi) is 6.19. The topological polar surface area (TPSA) is 69.4 Å². The van der Waals surface area contributed by atoms with Gasteiger partial charge in [0.25, 0.3) is 0 Å². The fourth-order valence-electron chi connectivity index (χ4n) is 5.70. The molecule has 4 aromatic rings. The number of fused-ring (bicyclic) bond motifs is 1. The maximum atomic E-state index is 13.2. The van der Waals surface area contributed by atoms with E-state index in [9.17, 15) is 8.42 Å². The second-order valence-corrected chi connectivity index (χ2v) is 12.0. The van der Waals surface area contributed by atoms with E-state index >= 15 is 0 Å². The fraction of sp³-hybridized carbons (Fsp3) is 0.393. The summed E-state index contributed by atoms with van der Waals surface area (Å²) in [5.41, 5.74) is 3.39. The van der Waals surface area contributed by atoms with Crippen molar-refractivity contribution in [3.63, 3.8) is 0 Å². The SMILES string of the molecule is C[C@H]1C[C@@H](Cn2ccc3cc(-c4cnn(C5CCCCO5)c4)ccc32)CN1S(=O)(=O)c1ccccc1. The molecule has 0 radical (unpaired) electrons. The van der Waals surface area contributed by atoms with Gasteiger partial charge in [-0.25, -0.2) is 13.1 Å². The highest BCUT2D eigenvalue weighted by molar-refractivity contribution is 7.89. The van der Waals surface area contributed by atoms with Crippen molar-refractivity contribution in [1.29, 1.82) is 0 Å². The number of benzene rings is 2. The van der Waals surface area contributed by atoms with Crippen molar-refractivity contribution in [2.45, 2.75) is 56.3 Å². The van der Waals surface area contributed by atoms with Crippen LogP contribution in [0.2, 0.25) is 0 Å². The van der Waals surface area contributed by atoms with Crippen molar-refractivity contribution in [1.82, 2.24) is 18.7 Å². The molecule has 188 valence electrons. The summed E-state index contributed by atoms with van der Waals surface area (Å²) >= 11 is 0. The normalized spacial score (nSPS) is 23.4. The van der Waals surface area contributed by atoms with Gasteiger partial charge in [0.1, 0.15) is 6.23 Å². The van der Waals surface area contributed by atoms with E-state index in [1.165, 1.54) is 17.3 Å². The highest BCUT2D eigenvalue weighted by Gasteiger charge is 2.37. The van der Waals surface area contributed by atoms with E-state index in [0.29, 0.717) is 11.4 Å². The van der Waals surface area contributed by atoms with Gasteiger partial charge >= 0.3 is 0 Å². The molecule has 2 saturated heterocycles. The van der Waals surface area contributed by atoms with Gasteiger partial charge in [-0.05, 0) is 74.4 Å². The molecule has 0 amide bonds. The Morgan fingerprint density at radius 2 is 1.92 bits per heavy atom. The van der Waals surface area contributed by atoms with Crippen LogP contribution >= 0.6 is 0 Å². The first kappa shape index (κ1) is 23.5. The Morgan fingerprint density at radius 3 is 2.72 bits per heavy atom. The molecule has 4 heterocycles. The first-order valence-electron chi connectivity index (χ1n) is 12.8. The minimum atomic E-state index is -3.48. The second kappa shape index (κ2) is 9.50. The van der Waals surface area contributed by atoms with Gasteiger partial charge in [0.2, 0.25) is 10.0 Å². The molecule has 1 unspecified atom stereocenters. The maximum Gasteiger partial charge on any atom is 0.243 e. The van der Waals surface area contributed by atoms with Gasteiger partial charge in [-0.15, -0.1) is 0 Å². The molecule has 0 N–H and O–H groups in total. The smallest absolute Gasteiger partial charge is 0.243 e. The van der Waals surface area contributed by atoms with Crippen LogP contribution in [-0.4, -0.2) is 46.3 Å². The monoisotopic (exact) mass is 504 g/mol. The number of nitrogens with zero attached hydrogens (tertiary/aromatic N) is 4. The van der Waals surface area contributed by atoms with E-state index in [1.54, 1.807) is 28.6 Å². The average Bonchev–Trinajstić information content (AvgIpc) is 3.64. The zero-order chi connectivity index (χ0) is 24.7. The summed E-state index contributed by atoms with van der Waals surface area (Å²) in [6.07, 6.45) is 10.3. The molecule has 0 saturated carbocycles. The Labute approximate surface area is 212 Å². The summed E-state index contributed by atoms with van der Waals surface area (Å²) in [5, 5.41) is 5.73. The van der Waals surface area contributed by atoms with E-state index in [1.807, 2.05) is 23.9 Å². The maximum absolute atomic E-state index is 13.2. The van der Waals surface area contributed by atoms with Crippen molar-refractivity contribution >= 4 is 20.9 Å². The van der Waals surface area contributed by atoms with E-state index in [-0.39, 0.29) is 18.2 Å². The molecule has 0 bridgehead atoms. The van der Waals surface area contributed by atoms with Crippen LogP contribution in [0.4, 0.5) is 0 Å². The van der Waals surface area contributed by atoms with Crippen LogP contribution in [0.15, 0.2) is 78.1 Å². The zero-order valence-electron chi connectivity index (χ0n) is 20.5. The number of hydrogen-bond acceptors (Lipinski definition) is 4. The lowest BCUT2D eigenvalue weighted by Gasteiger charge is -2.22.